The lowest BCUT2D eigenvalue weighted by molar-refractivity contribution is -0.137. The molecule has 20 heavy (non-hydrogen) atoms. The van der Waals surface area contributed by atoms with Gasteiger partial charge in [0, 0.05) is 25.6 Å². The van der Waals surface area contributed by atoms with Gasteiger partial charge in [-0.1, -0.05) is 13.8 Å². The highest BCUT2D eigenvalue weighted by atomic mass is 16.4. The summed E-state index contributed by atoms with van der Waals surface area (Å²) in [5, 5.41) is 14.1. The molecule has 0 radical (unpaired) electrons. The lowest BCUT2D eigenvalue weighted by atomic mass is 10.2. The van der Waals surface area contributed by atoms with E-state index in [1.54, 1.807) is 0 Å². The summed E-state index contributed by atoms with van der Waals surface area (Å²) in [4.78, 5) is 35.2. The third-order valence-corrected chi connectivity index (χ3v) is 2.85. The Morgan fingerprint density at radius 1 is 1.20 bits per heavy atom. The van der Waals surface area contributed by atoms with Crippen molar-refractivity contribution in [3.05, 3.63) is 0 Å². The fraction of sp³-hybridized carbons (Fsp3) is 0.769. The van der Waals surface area contributed by atoms with Crippen molar-refractivity contribution in [3.8, 4) is 0 Å². The minimum Gasteiger partial charge on any atom is -0.480 e. The van der Waals surface area contributed by atoms with Crippen LogP contribution in [-0.4, -0.2) is 54.1 Å². The normalized spacial score (nSPS) is 13.9. The molecule has 114 valence electrons. The van der Waals surface area contributed by atoms with E-state index in [0.717, 1.165) is 12.8 Å². The number of carboxylic acids is 1. The number of aliphatic carboxylic acids is 1. The summed E-state index contributed by atoms with van der Waals surface area (Å²) in [7, 11) is 0. The van der Waals surface area contributed by atoms with Gasteiger partial charge in [-0.25, -0.2) is 4.79 Å². The molecule has 1 rings (SSSR count). The zero-order valence-electron chi connectivity index (χ0n) is 12.0. The second kappa shape index (κ2) is 7.72. The van der Waals surface area contributed by atoms with Crippen LogP contribution in [0.25, 0.3) is 0 Å². The van der Waals surface area contributed by atoms with Crippen LogP contribution in [0.4, 0.5) is 4.79 Å². The first-order valence-electron chi connectivity index (χ1n) is 6.92. The van der Waals surface area contributed by atoms with Crippen LogP contribution in [0.2, 0.25) is 0 Å². The molecule has 0 spiro atoms. The molecule has 0 aromatic heterocycles. The van der Waals surface area contributed by atoms with E-state index in [9.17, 15) is 14.4 Å². The van der Waals surface area contributed by atoms with Crippen LogP contribution in [0.15, 0.2) is 0 Å². The predicted octanol–water partition coefficient (Wildman–Crippen LogP) is 0.265. The molecule has 0 aromatic carbocycles. The summed E-state index contributed by atoms with van der Waals surface area (Å²) in [6.45, 7) is 4.55. The quantitative estimate of drug-likeness (QED) is 0.557. The fourth-order valence-corrected chi connectivity index (χ4v) is 1.78. The van der Waals surface area contributed by atoms with Crippen molar-refractivity contribution in [2.45, 2.75) is 26.7 Å². The third kappa shape index (κ3) is 6.40. The molecule has 7 heteroatoms. The molecule has 0 unspecified atom stereocenters. The number of urea groups is 1. The first kappa shape index (κ1) is 16.3. The second-order valence-electron chi connectivity index (χ2n) is 5.47. The van der Waals surface area contributed by atoms with Gasteiger partial charge in [-0.15, -0.1) is 0 Å². The summed E-state index contributed by atoms with van der Waals surface area (Å²) in [5.41, 5.74) is 0. The number of amides is 3. The van der Waals surface area contributed by atoms with Gasteiger partial charge in [-0.05, 0) is 18.8 Å². The van der Waals surface area contributed by atoms with Crippen LogP contribution in [0.3, 0.4) is 0 Å². The number of hydrogen-bond acceptors (Lipinski definition) is 3. The van der Waals surface area contributed by atoms with Crippen molar-refractivity contribution in [2.24, 2.45) is 11.8 Å². The highest BCUT2D eigenvalue weighted by Crippen LogP contribution is 2.28. The smallest absolute Gasteiger partial charge is 0.323 e. The molecule has 1 fully saturated rings. The first-order valence-corrected chi connectivity index (χ1v) is 6.92. The SMILES string of the molecule is CC(C)CN(CC(=O)O)C(=O)NCCNC(=O)C1CC1. The van der Waals surface area contributed by atoms with Gasteiger partial charge in [0.15, 0.2) is 0 Å². The van der Waals surface area contributed by atoms with E-state index in [4.69, 9.17) is 5.11 Å². The van der Waals surface area contributed by atoms with E-state index in [2.05, 4.69) is 10.6 Å². The summed E-state index contributed by atoms with van der Waals surface area (Å²) in [6, 6.07) is -0.415. The van der Waals surface area contributed by atoms with Crippen LogP contribution in [-0.2, 0) is 9.59 Å². The molecule has 0 aliphatic heterocycles. The Bertz CT molecular complexity index is 367. The molecule has 0 atom stereocenters. The van der Waals surface area contributed by atoms with Crippen molar-refractivity contribution >= 4 is 17.9 Å². The molecule has 3 amide bonds. The Hall–Kier alpha value is -1.79. The maximum Gasteiger partial charge on any atom is 0.323 e. The fourth-order valence-electron chi connectivity index (χ4n) is 1.78. The van der Waals surface area contributed by atoms with Gasteiger partial charge in [0.05, 0.1) is 0 Å². The molecular weight excluding hydrogens is 262 g/mol. The van der Waals surface area contributed by atoms with Crippen molar-refractivity contribution in [3.63, 3.8) is 0 Å². The zero-order chi connectivity index (χ0) is 15.1. The molecule has 1 aliphatic rings. The molecule has 0 bridgehead atoms. The van der Waals surface area contributed by atoms with Crippen LogP contribution >= 0.6 is 0 Å². The van der Waals surface area contributed by atoms with E-state index in [0.29, 0.717) is 19.6 Å². The Kier molecular flexibility index (Phi) is 6.27. The van der Waals surface area contributed by atoms with Gasteiger partial charge >= 0.3 is 12.0 Å². The molecule has 1 saturated carbocycles. The number of carboxylic acid groups (broad SMARTS) is 1. The summed E-state index contributed by atoms with van der Waals surface area (Å²) in [5.74, 6) is -0.670. The summed E-state index contributed by atoms with van der Waals surface area (Å²) >= 11 is 0. The molecule has 7 nitrogen and oxygen atoms in total. The minimum absolute atomic E-state index is 0.0313. The van der Waals surface area contributed by atoms with Gasteiger partial charge < -0.3 is 20.6 Å². The van der Waals surface area contributed by atoms with Crippen LogP contribution < -0.4 is 10.6 Å². The first-order chi connectivity index (χ1) is 9.40. The van der Waals surface area contributed by atoms with E-state index in [-0.39, 0.29) is 24.3 Å². The van der Waals surface area contributed by atoms with E-state index in [1.165, 1.54) is 4.90 Å². The van der Waals surface area contributed by atoms with E-state index in [1.807, 2.05) is 13.8 Å². The zero-order valence-corrected chi connectivity index (χ0v) is 12.0. The van der Waals surface area contributed by atoms with Gasteiger partial charge in [-0.3, -0.25) is 9.59 Å². The Balaban J connectivity index is 2.25. The summed E-state index contributed by atoms with van der Waals surface area (Å²) < 4.78 is 0. The number of carbonyl (C=O) groups is 3. The van der Waals surface area contributed by atoms with Gasteiger partial charge in [0.25, 0.3) is 0 Å². The number of carbonyl (C=O) groups excluding carboxylic acids is 2. The lowest BCUT2D eigenvalue weighted by Crippen LogP contribution is -2.46. The molecule has 3 N–H and O–H groups in total. The Morgan fingerprint density at radius 2 is 1.80 bits per heavy atom. The van der Waals surface area contributed by atoms with Crippen molar-refractivity contribution < 1.29 is 19.5 Å². The van der Waals surface area contributed by atoms with Crippen molar-refractivity contribution in [2.75, 3.05) is 26.2 Å². The minimum atomic E-state index is -1.04. The van der Waals surface area contributed by atoms with Crippen LogP contribution in [0, 0.1) is 11.8 Å². The van der Waals surface area contributed by atoms with Crippen LogP contribution in [0.5, 0.6) is 0 Å². The average molecular weight is 285 g/mol. The highest BCUT2D eigenvalue weighted by Gasteiger charge is 2.29. The Labute approximate surface area is 118 Å². The summed E-state index contributed by atoms with van der Waals surface area (Å²) in [6.07, 6.45) is 1.89. The number of nitrogens with one attached hydrogen (secondary N) is 2. The highest BCUT2D eigenvalue weighted by molar-refractivity contribution is 5.81. The number of hydrogen-bond donors (Lipinski definition) is 3. The standard InChI is InChI=1S/C13H23N3O4/c1-9(2)7-16(8-11(17)18)13(20)15-6-5-14-12(19)10-3-4-10/h9-10H,3-8H2,1-2H3,(H,14,19)(H,15,20)(H,17,18). The average Bonchev–Trinajstić information content (AvgIpc) is 3.16. The molecule has 1 aliphatic carbocycles. The maximum atomic E-state index is 11.8. The van der Waals surface area contributed by atoms with Gasteiger partial charge in [-0.2, -0.15) is 0 Å². The monoisotopic (exact) mass is 285 g/mol. The molecular formula is C13H23N3O4. The molecule has 0 heterocycles. The number of nitrogens with zero attached hydrogens (tertiary/aromatic N) is 1. The van der Waals surface area contributed by atoms with E-state index < -0.39 is 12.0 Å². The largest absolute Gasteiger partial charge is 0.480 e. The van der Waals surface area contributed by atoms with Gasteiger partial charge in [0.2, 0.25) is 5.91 Å². The predicted molar refractivity (Wildman–Crippen MR) is 73.2 cm³/mol. The number of rotatable bonds is 8. The third-order valence-electron chi connectivity index (χ3n) is 2.85. The maximum absolute atomic E-state index is 11.8. The molecule has 0 aromatic rings. The van der Waals surface area contributed by atoms with Crippen molar-refractivity contribution in [1.82, 2.24) is 15.5 Å². The molecule has 0 saturated heterocycles. The van der Waals surface area contributed by atoms with Gasteiger partial charge in [0.1, 0.15) is 6.54 Å². The topological polar surface area (TPSA) is 98.7 Å². The van der Waals surface area contributed by atoms with Crippen molar-refractivity contribution in [1.29, 1.82) is 0 Å². The lowest BCUT2D eigenvalue weighted by Gasteiger charge is -2.23. The van der Waals surface area contributed by atoms with Crippen LogP contribution in [0.1, 0.15) is 26.7 Å². The second-order valence-corrected chi connectivity index (χ2v) is 5.47. The van der Waals surface area contributed by atoms with E-state index >= 15 is 0 Å². The Morgan fingerprint density at radius 3 is 2.30 bits per heavy atom.